The molecule has 186 valence electrons. The van der Waals surface area contributed by atoms with Crippen molar-refractivity contribution in [2.24, 2.45) is 0 Å². The third-order valence-electron chi connectivity index (χ3n) is 6.77. The fourth-order valence-electron chi connectivity index (χ4n) is 4.94. The Morgan fingerprint density at radius 3 is 2.61 bits per heavy atom. The molecule has 36 heavy (non-hydrogen) atoms. The molecule has 4 aromatic rings. The first-order chi connectivity index (χ1) is 17.7. The summed E-state index contributed by atoms with van der Waals surface area (Å²) in [7, 11) is 1.64. The molecule has 0 saturated carbocycles. The first-order valence-corrected chi connectivity index (χ1v) is 12.0. The standard InChI is InChI=1S/C25H27N7O4/c1-34-12-11-32-24(27-28-29-32)23(31-9-7-30(8-10-31)18-5-3-2-4-6-18)19-13-17-14-21-22(36-16-35-21)15-20(17)26-25(19)33/h2-6,13-15,23H,7-12,16H2,1H3,(H,26,33). The van der Waals surface area contributed by atoms with Crippen molar-refractivity contribution in [3.8, 4) is 11.5 Å². The number of fused-ring (bicyclic) bond motifs is 2. The van der Waals surface area contributed by atoms with Gasteiger partial charge in [-0.15, -0.1) is 5.10 Å². The number of aromatic amines is 1. The van der Waals surface area contributed by atoms with Crippen LogP contribution in [0.2, 0.25) is 0 Å². The number of piperazine rings is 1. The van der Waals surface area contributed by atoms with E-state index in [1.165, 1.54) is 5.69 Å². The van der Waals surface area contributed by atoms with Crippen molar-refractivity contribution in [1.82, 2.24) is 30.1 Å². The van der Waals surface area contributed by atoms with Crippen LogP contribution in [-0.2, 0) is 11.3 Å². The maximum atomic E-state index is 13.5. The largest absolute Gasteiger partial charge is 0.454 e. The molecule has 2 aromatic heterocycles. The smallest absolute Gasteiger partial charge is 0.253 e. The molecule has 2 aromatic carbocycles. The summed E-state index contributed by atoms with van der Waals surface area (Å²) in [6.45, 7) is 4.26. The van der Waals surface area contributed by atoms with E-state index in [-0.39, 0.29) is 12.4 Å². The van der Waals surface area contributed by atoms with Crippen LogP contribution in [0.5, 0.6) is 11.5 Å². The molecule has 4 heterocycles. The Kier molecular flexibility index (Phi) is 5.99. The van der Waals surface area contributed by atoms with E-state index in [0.717, 1.165) is 31.6 Å². The number of nitrogens with zero attached hydrogens (tertiary/aromatic N) is 6. The van der Waals surface area contributed by atoms with Crippen LogP contribution in [0.15, 0.2) is 53.3 Å². The van der Waals surface area contributed by atoms with Gasteiger partial charge in [-0.25, -0.2) is 4.68 Å². The molecule has 1 fully saturated rings. The lowest BCUT2D eigenvalue weighted by atomic mass is 10.0. The number of ether oxygens (including phenoxy) is 3. The molecule has 0 radical (unpaired) electrons. The third kappa shape index (κ3) is 4.16. The van der Waals surface area contributed by atoms with Gasteiger partial charge in [0.1, 0.15) is 6.04 Å². The Hall–Kier alpha value is -3.96. The molecule has 2 aliphatic heterocycles. The summed E-state index contributed by atoms with van der Waals surface area (Å²) in [6, 6.07) is 15.6. The molecule has 6 rings (SSSR count). The molecule has 1 atom stereocenters. The van der Waals surface area contributed by atoms with Crippen molar-refractivity contribution in [2.45, 2.75) is 12.6 Å². The van der Waals surface area contributed by atoms with Crippen LogP contribution in [0.1, 0.15) is 17.4 Å². The van der Waals surface area contributed by atoms with E-state index in [1.807, 2.05) is 18.2 Å². The van der Waals surface area contributed by atoms with Crippen molar-refractivity contribution in [2.75, 3.05) is 51.6 Å². The quantitative estimate of drug-likeness (QED) is 0.415. The Bertz CT molecular complexity index is 1410. The number of tetrazole rings is 1. The van der Waals surface area contributed by atoms with E-state index in [0.29, 0.717) is 41.6 Å². The number of methoxy groups -OCH3 is 1. The second-order valence-electron chi connectivity index (χ2n) is 8.86. The zero-order chi connectivity index (χ0) is 24.5. The molecule has 1 saturated heterocycles. The molecule has 0 aliphatic carbocycles. The van der Waals surface area contributed by atoms with Crippen molar-refractivity contribution in [1.29, 1.82) is 0 Å². The topological polar surface area (TPSA) is 111 Å². The predicted octanol–water partition coefficient (Wildman–Crippen LogP) is 1.80. The predicted molar refractivity (Wildman–Crippen MR) is 132 cm³/mol. The van der Waals surface area contributed by atoms with Crippen LogP contribution in [0.25, 0.3) is 10.9 Å². The number of aromatic nitrogens is 5. The lowest BCUT2D eigenvalue weighted by Crippen LogP contribution is -2.49. The van der Waals surface area contributed by atoms with Crippen LogP contribution in [0.4, 0.5) is 5.69 Å². The zero-order valence-electron chi connectivity index (χ0n) is 20.0. The number of anilines is 1. The average molecular weight is 490 g/mol. The first-order valence-electron chi connectivity index (χ1n) is 12.0. The van der Waals surface area contributed by atoms with Gasteiger partial charge >= 0.3 is 0 Å². The average Bonchev–Trinajstić information content (AvgIpc) is 3.57. The van der Waals surface area contributed by atoms with Gasteiger partial charge in [0.15, 0.2) is 17.3 Å². The molecule has 0 bridgehead atoms. The van der Waals surface area contributed by atoms with Crippen molar-refractivity contribution in [3.63, 3.8) is 0 Å². The third-order valence-corrected chi connectivity index (χ3v) is 6.77. The maximum Gasteiger partial charge on any atom is 0.253 e. The zero-order valence-corrected chi connectivity index (χ0v) is 20.0. The van der Waals surface area contributed by atoms with Gasteiger partial charge < -0.3 is 24.1 Å². The number of pyridine rings is 1. The lowest BCUT2D eigenvalue weighted by molar-refractivity contribution is 0.171. The van der Waals surface area contributed by atoms with Crippen LogP contribution >= 0.6 is 0 Å². The van der Waals surface area contributed by atoms with Crippen molar-refractivity contribution < 1.29 is 14.2 Å². The van der Waals surface area contributed by atoms with Gasteiger partial charge in [0.2, 0.25) is 6.79 Å². The van der Waals surface area contributed by atoms with Crippen LogP contribution in [0, 0.1) is 0 Å². The monoisotopic (exact) mass is 489 g/mol. The van der Waals surface area contributed by atoms with Gasteiger partial charge in [0.25, 0.3) is 5.56 Å². The summed E-state index contributed by atoms with van der Waals surface area (Å²) >= 11 is 0. The van der Waals surface area contributed by atoms with Crippen LogP contribution in [-0.4, -0.2) is 76.8 Å². The van der Waals surface area contributed by atoms with Gasteiger partial charge in [-0.2, -0.15) is 0 Å². The Morgan fingerprint density at radius 2 is 1.83 bits per heavy atom. The summed E-state index contributed by atoms with van der Waals surface area (Å²) in [5.74, 6) is 1.91. The van der Waals surface area contributed by atoms with Crippen molar-refractivity contribution >= 4 is 16.6 Å². The molecule has 0 spiro atoms. The molecule has 1 unspecified atom stereocenters. The van der Waals surface area contributed by atoms with Crippen LogP contribution < -0.4 is 19.9 Å². The number of hydrogen-bond acceptors (Lipinski definition) is 9. The van der Waals surface area contributed by atoms with Gasteiger partial charge in [-0.05, 0) is 34.7 Å². The van der Waals surface area contributed by atoms with E-state index in [4.69, 9.17) is 14.2 Å². The number of nitrogens with one attached hydrogen (secondary N) is 1. The van der Waals surface area contributed by atoms with E-state index in [1.54, 1.807) is 17.9 Å². The highest BCUT2D eigenvalue weighted by Gasteiger charge is 2.33. The lowest BCUT2D eigenvalue weighted by Gasteiger charge is -2.39. The number of rotatable bonds is 7. The summed E-state index contributed by atoms with van der Waals surface area (Å²) in [5, 5.41) is 13.4. The van der Waals surface area contributed by atoms with E-state index in [2.05, 4.69) is 54.6 Å². The van der Waals surface area contributed by atoms with E-state index < -0.39 is 6.04 Å². The van der Waals surface area contributed by atoms with Crippen LogP contribution in [0.3, 0.4) is 0 Å². The second-order valence-corrected chi connectivity index (χ2v) is 8.86. The summed E-state index contributed by atoms with van der Waals surface area (Å²) in [6.07, 6.45) is 0. The first kappa shape index (κ1) is 22.5. The summed E-state index contributed by atoms with van der Waals surface area (Å²) < 4.78 is 18.0. The Labute approximate surface area is 207 Å². The highest BCUT2D eigenvalue weighted by Crippen LogP contribution is 2.36. The van der Waals surface area contributed by atoms with Crippen molar-refractivity contribution in [3.05, 3.63) is 70.3 Å². The molecule has 2 aliphatic rings. The van der Waals surface area contributed by atoms with E-state index in [9.17, 15) is 4.79 Å². The fourth-order valence-corrected chi connectivity index (χ4v) is 4.94. The SMILES string of the molecule is COCCn1nnnc1C(c1cc2cc3c(cc2[nH]c1=O)OCO3)N1CCN(c2ccccc2)CC1. The van der Waals surface area contributed by atoms with Gasteiger partial charge in [0.05, 0.1) is 18.7 Å². The normalized spacial score (nSPS) is 16.5. The summed E-state index contributed by atoms with van der Waals surface area (Å²) in [5.41, 5.74) is 2.29. The fraction of sp³-hybridized carbons (Fsp3) is 0.360. The maximum absolute atomic E-state index is 13.5. The molecule has 0 amide bonds. The molecular weight excluding hydrogens is 462 g/mol. The number of para-hydroxylation sites is 1. The second kappa shape index (κ2) is 9.59. The minimum absolute atomic E-state index is 0.172. The van der Waals surface area contributed by atoms with Gasteiger partial charge in [-0.3, -0.25) is 9.69 Å². The van der Waals surface area contributed by atoms with E-state index >= 15 is 0 Å². The minimum Gasteiger partial charge on any atom is -0.454 e. The molecular formula is C25H27N7O4. The Balaban J connectivity index is 1.39. The van der Waals surface area contributed by atoms with Gasteiger partial charge in [-0.1, -0.05) is 18.2 Å². The van der Waals surface area contributed by atoms with Gasteiger partial charge in [0, 0.05) is 56.0 Å². The Morgan fingerprint density at radius 1 is 1.06 bits per heavy atom. The highest BCUT2D eigenvalue weighted by atomic mass is 16.7. The molecule has 11 heteroatoms. The number of benzene rings is 2. The minimum atomic E-state index is -0.423. The molecule has 11 nitrogen and oxygen atoms in total. The number of H-pyrrole nitrogens is 1. The number of hydrogen-bond donors (Lipinski definition) is 1. The summed E-state index contributed by atoms with van der Waals surface area (Å²) in [4.78, 5) is 21.1. The highest BCUT2D eigenvalue weighted by molar-refractivity contribution is 5.83. The molecule has 1 N–H and O–H groups in total.